The van der Waals surface area contributed by atoms with Crippen LogP contribution in [0.4, 0.5) is 0 Å². The molecule has 0 bridgehead atoms. The normalized spacial score (nSPS) is 29.1. The lowest BCUT2D eigenvalue weighted by Gasteiger charge is -2.49. The molecular formula is C19H32N2. The molecule has 0 unspecified atom stereocenters. The van der Waals surface area contributed by atoms with Crippen molar-refractivity contribution in [1.82, 2.24) is 9.80 Å². The third-order valence-electron chi connectivity index (χ3n) is 6.40. The summed E-state index contributed by atoms with van der Waals surface area (Å²) in [6, 6.07) is 1.74. The first-order chi connectivity index (χ1) is 10.4. The number of rotatable bonds is 2. The lowest BCUT2D eigenvalue weighted by Crippen LogP contribution is -2.50. The summed E-state index contributed by atoms with van der Waals surface area (Å²) in [5, 5.41) is 0. The molecule has 0 saturated heterocycles. The molecule has 0 aromatic rings. The molecule has 4 aliphatic rings. The zero-order valence-electron chi connectivity index (χ0n) is 13.7. The zero-order valence-corrected chi connectivity index (χ0v) is 13.7. The van der Waals surface area contributed by atoms with Crippen molar-refractivity contribution in [2.75, 3.05) is 13.1 Å². The van der Waals surface area contributed by atoms with Gasteiger partial charge in [-0.1, -0.05) is 32.1 Å². The van der Waals surface area contributed by atoms with Crippen molar-refractivity contribution in [1.29, 1.82) is 0 Å². The fraction of sp³-hybridized carbons (Fsp3) is 0.895. The van der Waals surface area contributed by atoms with Crippen molar-refractivity contribution < 1.29 is 0 Å². The number of allylic oxidation sites excluding steroid dienone is 1. The van der Waals surface area contributed by atoms with Gasteiger partial charge in [0.1, 0.15) is 5.82 Å². The Kier molecular flexibility index (Phi) is 4.14. The molecular weight excluding hydrogens is 256 g/mol. The summed E-state index contributed by atoms with van der Waals surface area (Å²) in [7, 11) is 0. The van der Waals surface area contributed by atoms with Crippen molar-refractivity contribution in [3.63, 3.8) is 0 Å². The predicted molar refractivity (Wildman–Crippen MR) is 88.0 cm³/mol. The first-order valence-corrected chi connectivity index (χ1v) is 9.69. The van der Waals surface area contributed by atoms with Gasteiger partial charge in [0, 0.05) is 25.2 Å². The van der Waals surface area contributed by atoms with Gasteiger partial charge >= 0.3 is 0 Å². The Morgan fingerprint density at radius 3 is 1.57 bits per heavy atom. The highest BCUT2D eigenvalue weighted by molar-refractivity contribution is 5.20. The Balaban J connectivity index is 1.60. The molecule has 2 nitrogen and oxygen atoms in total. The third-order valence-corrected chi connectivity index (χ3v) is 6.40. The Bertz CT molecular complexity index is 384. The average molecular weight is 288 g/mol. The van der Waals surface area contributed by atoms with Gasteiger partial charge in [-0.05, 0) is 56.9 Å². The molecule has 0 radical (unpaired) electrons. The Morgan fingerprint density at radius 2 is 1.05 bits per heavy atom. The summed E-state index contributed by atoms with van der Waals surface area (Å²) in [5.41, 5.74) is 1.82. The van der Waals surface area contributed by atoms with Crippen molar-refractivity contribution in [2.45, 2.75) is 95.6 Å². The van der Waals surface area contributed by atoms with Gasteiger partial charge in [0.15, 0.2) is 0 Å². The van der Waals surface area contributed by atoms with E-state index < -0.39 is 0 Å². The van der Waals surface area contributed by atoms with Crippen LogP contribution in [0, 0.1) is 0 Å². The molecule has 2 fully saturated rings. The number of hydrogen-bond donors (Lipinski definition) is 0. The van der Waals surface area contributed by atoms with Gasteiger partial charge in [-0.15, -0.1) is 0 Å². The predicted octanol–water partition coefficient (Wildman–Crippen LogP) is 4.66. The summed E-state index contributed by atoms with van der Waals surface area (Å²) in [6.45, 7) is 2.68. The Morgan fingerprint density at radius 1 is 0.571 bits per heavy atom. The highest BCUT2D eigenvalue weighted by Gasteiger charge is 2.35. The highest BCUT2D eigenvalue weighted by Crippen LogP contribution is 2.39. The fourth-order valence-electron chi connectivity index (χ4n) is 5.38. The SMILES string of the molecule is C1CCC(N2CCCC3=C2N(C2CCCC2)CCC3)CC1. The maximum atomic E-state index is 2.88. The minimum absolute atomic E-state index is 0.867. The van der Waals surface area contributed by atoms with Crippen LogP contribution in [0.2, 0.25) is 0 Å². The molecule has 4 rings (SSSR count). The lowest BCUT2D eigenvalue weighted by molar-refractivity contribution is 0.0892. The summed E-state index contributed by atoms with van der Waals surface area (Å²) in [4.78, 5) is 5.76. The summed E-state index contributed by atoms with van der Waals surface area (Å²) < 4.78 is 0. The molecule has 21 heavy (non-hydrogen) atoms. The van der Waals surface area contributed by atoms with Gasteiger partial charge in [-0.2, -0.15) is 0 Å². The Labute approximate surface area is 130 Å². The van der Waals surface area contributed by atoms with Gasteiger partial charge in [0.05, 0.1) is 0 Å². The second-order valence-corrected chi connectivity index (χ2v) is 7.75. The van der Waals surface area contributed by atoms with E-state index in [0.717, 1.165) is 12.1 Å². The van der Waals surface area contributed by atoms with Crippen LogP contribution in [-0.4, -0.2) is 35.0 Å². The smallest absolute Gasteiger partial charge is 0.104 e. The zero-order chi connectivity index (χ0) is 14.1. The van der Waals surface area contributed by atoms with E-state index in [4.69, 9.17) is 0 Å². The van der Waals surface area contributed by atoms with E-state index in [1.165, 1.54) is 96.6 Å². The molecule has 2 heteroatoms. The first kappa shape index (κ1) is 14.0. The summed E-state index contributed by atoms with van der Waals surface area (Å²) in [6.07, 6.45) is 18.8. The van der Waals surface area contributed by atoms with Gasteiger partial charge in [0.2, 0.25) is 0 Å². The second kappa shape index (κ2) is 6.22. The quantitative estimate of drug-likeness (QED) is 0.729. The van der Waals surface area contributed by atoms with E-state index >= 15 is 0 Å². The van der Waals surface area contributed by atoms with Crippen LogP contribution in [0.5, 0.6) is 0 Å². The van der Waals surface area contributed by atoms with Crippen LogP contribution in [0.25, 0.3) is 0 Å². The molecule has 0 spiro atoms. The molecule has 0 N–H and O–H groups in total. The standard InChI is InChI=1S/C19H32N2/c1-2-10-17(11-3-1)20-14-6-8-16-9-7-15-21(19(16)20)18-12-4-5-13-18/h17-18H,1-15H2. The molecule has 0 amide bonds. The van der Waals surface area contributed by atoms with E-state index in [0.29, 0.717) is 0 Å². The van der Waals surface area contributed by atoms with Crippen LogP contribution in [0.3, 0.4) is 0 Å². The molecule has 2 heterocycles. The Hall–Kier alpha value is -0.660. The summed E-state index contributed by atoms with van der Waals surface area (Å²) in [5.74, 6) is 1.74. The van der Waals surface area contributed by atoms with E-state index in [-0.39, 0.29) is 0 Å². The highest BCUT2D eigenvalue weighted by atomic mass is 15.4. The molecule has 0 aromatic heterocycles. The molecule has 118 valence electrons. The largest absolute Gasteiger partial charge is 0.355 e. The van der Waals surface area contributed by atoms with Crippen LogP contribution in [-0.2, 0) is 0 Å². The average Bonchev–Trinajstić information content (AvgIpc) is 3.09. The molecule has 2 saturated carbocycles. The van der Waals surface area contributed by atoms with Gasteiger partial charge in [-0.3, -0.25) is 0 Å². The second-order valence-electron chi connectivity index (χ2n) is 7.75. The fourth-order valence-corrected chi connectivity index (χ4v) is 5.38. The molecule has 2 aliphatic carbocycles. The van der Waals surface area contributed by atoms with Gasteiger partial charge in [0.25, 0.3) is 0 Å². The summed E-state index contributed by atoms with van der Waals surface area (Å²) >= 11 is 0. The number of hydrogen-bond acceptors (Lipinski definition) is 2. The lowest BCUT2D eigenvalue weighted by atomic mass is 9.89. The monoisotopic (exact) mass is 288 g/mol. The maximum Gasteiger partial charge on any atom is 0.104 e. The van der Waals surface area contributed by atoms with Crippen molar-refractivity contribution in [3.8, 4) is 0 Å². The minimum atomic E-state index is 0.867. The van der Waals surface area contributed by atoms with Crippen molar-refractivity contribution in [3.05, 3.63) is 11.4 Å². The maximum absolute atomic E-state index is 2.88. The van der Waals surface area contributed by atoms with Crippen molar-refractivity contribution in [2.24, 2.45) is 0 Å². The van der Waals surface area contributed by atoms with E-state index in [1.54, 1.807) is 5.82 Å². The van der Waals surface area contributed by atoms with Gasteiger partial charge < -0.3 is 9.80 Å². The minimum Gasteiger partial charge on any atom is -0.355 e. The van der Waals surface area contributed by atoms with Crippen LogP contribution < -0.4 is 0 Å². The number of nitrogens with zero attached hydrogens (tertiary/aromatic N) is 2. The van der Waals surface area contributed by atoms with Gasteiger partial charge in [-0.25, -0.2) is 0 Å². The first-order valence-electron chi connectivity index (χ1n) is 9.69. The van der Waals surface area contributed by atoms with Crippen LogP contribution in [0.1, 0.15) is 83.5 Å². The van der Waals surface area contributed by atoms with Crippen molar-refractivity contribution >= 4 is 0 Å². The van der Waals surface area contributed by atoms with Crippen LogP contribution >= 0.6 is 0 Å². The molecule has 0 aromatic carbocycles. The molecule has 2 aliphatic heterocycles. The third kappa shape index (κ3) is 2.71. The van der Waals surface area contributed by atoms with E-state index in [1.807, 2.05) is 5.57 Å². The van der Waals surface area contributed by atoms with Crippen LogP contribution in [0.15, 0.2) is 11.4 Å². The van der Waals surface area contributed by atoms with E-state index in [9.17, 15) is 0 Å². The topological polar surface area (TPSA) is 6.48 Å². The van der Waals surface area contributed by atoms with E-state index in [2.05, 4.69) is 9.80 Å². The molecule has 0 atom stereocenters.